The molecule has 2 rings (SSSR count). The lowest BCUT2D eigenvalue weighted by molar-refractivity contribution is 0.104. The van der Waals surface area contributed by atoms with E-state index in [1.165, 1.54) is 11.1 Å². The fourth-order valence-electron chi connectivity index (χ4n) is 2.52. The number of aryl methyl sites for hydroxylation is 1. The maximum absolute atomic E-state index is 12.3. The van der Waals surface area contributed by atoms with Crippen LogP contribution in [0.15, 0.2) is 54.6 Å². The number of hydrogen-bond acceptors (Lipinski definition) is 2. The van der Waals surface area contributed by atoms with Crippen LogP contribution < -0.4 is 0 Å². The second-order valence-electron chi connectivity index (χ2n) is 5.71. The Morgan fingerprint density at radius 3 is 2.26 bits per heavy atom. The first-order valence-electron chi connectivity index (χ1n) is 8.23. The van der Waals surface area contributed by atoms with Crippen molar-refractivity contribution >= 4 is 11.9 Å². The van der Waals surface area contributed by atoms with E-state index in [9.17, 15) is 4.79 Å². The molecule has 0 aromatic heterocycles. The van der Waals surface area contributed by atoms with Crippen molar-refractivity contribution < 1.29 is 4.79 Å². The van der Waals surface area contributed by atoms with Crippen LogP contribution >= 0.6 is 0 Å². The fraction of sp³-hybridized carbons (Fsp3) is 0.286. The van der Waals surface area contributed by atoms with E-state index in [1.807, 2.05) is 61.5 Å². The maximum atomic E-state index is 12.3. The van der Waals surface area contributed by atoms with Gasteiger partial charge in [-0.05, 0) is 42.8 Å². The van der Waals surface area contributed by atoms with Crippen molar-refractivity contribution in [3.8, 4) is 0 Å². The van der Waals surface area contributed by atoms with E-state index in [-0.39, 0.29) is 5.78 Å². The molecule has 0 amide bonds. The van der Waals surface area contributed by atoms with Crippen molar-refractivity contribution in [2.24, 2.45) is 0 Å². The summed E-state index contributed by atoms with van der Waals surface area (Å²) in [6, 6.07) is 16.0. The van der Waals surface area contributed by atoms with Crippen LogP contribution in [0.3, 0.4) is 0 Å². The first-order valence-corrected chi connectivity index (χ1v) is 8.23. The molecule has 0 radical (unpaired) electrons. The molecular weight excluding hydrogens is 282 g/mol. The molecule has 23 heavy (non-hydrogen) atoms. The summed E-state index contributed by atoms with van der Waals surface area (Å²) in [6.45, 7) is 9.38. The number of rotatable bonds is 7. The maximum Gasteiger partial charge on any atom is 0.185 e. The highest BCUT2D eigenvalue weighted by Crippen LogP contribution is 2.12. The van der Waals surface area contributed by atoms with Gasteiger partial charge < -0.3 is 0 Å². The molecular formula is C21H25NO. The molecule has 120 valence electrons. The van der Waals surface area contributed by atoms with Crippen molar-refractivity contribution in [2.45, 2.75) is 27.3 Å². The van der Waals surface area contributed by atoms with Crippen LogP contribution in [0.2, 0.25) is 0 Å². The first kappa shape index (κ1) is 17.2. The monoisotopic (exact) mass is 307 g/mol. The molecule has 0 aliphatic heterocycles. The third kappa shape index (κ3) is 4.90. The van der Waals surface area contributed by atoms with Crippen LogP contribution in [0.1, 0.15) is 40.9 Å². The Kier molecular flexibility index (Phi) is 6.30. The van der Waals surface area contributed by atoms with Gasteiger partial charge >= 0.3 is 0 Å². The van der Waals surface area contributed by atoms with Crippen LogP contribution in [0.4, 0.5) is 0 Å². The van der Waals surface area contributed by atoms with E-state index in [1.54, 1.807) is 6.08 Å². The van der Waals surface area contributed by atoms with Gasteiger partial charge in [-0.1, -0.05) is 68.5 Å². The van der Waals surface area contributed by atoms with Gasteiger partial charge in [-0.3, -0.25) is 9.69 Å². The van der Waals surface area contributed by atoms with Gasteiger partial charge in [0, 0.05) is 12.1 Å². The van der Waals surface area contributed by atoms with Crippen LogP contribution in [0.5, 0.6) is 0 Å². The van der Waals surface area contributed by atoms with Gasteiger partial charge in [0.25, 0.3) is 0 Å². The lowest BCUT2D eigenvalue weighted by atomic mass is 10.0. The van der Waals surface area contributed by atoms with Gasteiger partial charge in [-0.25, -0.2) is 0 Å². The Morgan fingerprint density at radius 2 is 1.65 bits per heavy atom. The standard InChI is InChI=1S/C21H25NO/c1-4-22(5-2)16-18-10-12-20(13-11-18)21(23)15-14-19-9-7-6-8-17(19)3/h6-15H,4-5,16H2,1-3H3. The van der Waals surface area contributed by atoms with E-state index in [0.717, 1.165) is 30.8 Å². The number of allylic oxidation sites excluding steroid dienone is 1. The van der Waals surface area contributed by atoms with Crippen LogP contribution in [-0.2, 0) is 6.54 Å². The fourth-order valence-corrected chi connectivity index (χ4v) is 2.52. The molecule has 2 heteroatoms. The summed E-state index contributed by atoms with van der Waals surface area (Å²) in [5.74, 6) is 0.0441. The minimum atomic E-state index is 0.0441. The third-order valence-corrected chi connectivity index (χ3v) is 4.14. The predicted octanol–water partition coefficient (Wildman–Crippen LogP) is 4.73. The van der Waals surface area contributed by atoms with Crippen molar-refractivity contribution in [3.05, 3.63) is 76.9 Å². The molecule has 0 spiro atoms. The summed E-state index contributed by atoms with van der Waals surface area (Å²) in [6.07, 6.45) is 3.54. The largest absolute Gasteiger partial charge is 0.300 e. The second kappa shape index (κ2) is 8.44. The van der Waals surface area contributed by atoms with Crippen LogP contribution in [0.25, 0.3) is 6.08 Å². The zero-order valence-electron chi connectivity index (χ0n) is 14.3. The summed E-state index contributed by atoms with van der Waals surface area (Å²) in [5.41, 5.74) is 4.23. The summed E-state index contributed by atoms with van der Waals surface area (Å²) in [7, 11) is 0. The summed E-state index contributed by atoms with van der Waals surface area (Å²) in [4.78, 5) is 14.6. The Bertz CT molecular complexity index is 666. The summed E-state index contributed by atoms with van der Waals surface area (Å²) in [5, 5.41) is 0. The normalized spacial score (nSPS) is 11.3. The van der Waals surface area contributed by atoms with Gasteiger partial charge in [-0.15, -0.1) is 0 Å². The Hall–Kier alpha value is -2.19. The lowest BCUT2D eigenvalue weighted by Crippen LogP contribution is -2.22. The highest BCUT2D eigenvalue weighted by atomic mass is 16.1. The molecule has 0 unspecified atom stereocenters. The molecule has 0 bridgehead atoms. The van der Waals surface area contributed by atoms with E-state index in [2.05, 4.69) is 18.7 Å². The molecule has 0 fully saturated rings. The zero-order chi connectivity index (χ0) is 16.7. The molecule has 0 N–H and O–H groups in total. The SMILES string of the molecule is CCN(CC)Cc1ccc(C(=O)C=Cc2ccccc2C)cc1. The average Bonchev–Trinajstić information content (AvgIpc) is 2.59. The minimum absolute atomic E-state index is 0.0441. The average molecular weight is 307 g/mol. The molecule has 2 aromatic rings. The van der Waals surface area contributed by atoms with Gasteiger partial charge in [0.1, 0.15) is 0 Å². The number of benzene rings is 2. The highest BCUT2D eigenvalue weighted by Gasteiger charge is 2.04. The van der Waals surface area contributed by atoms with Crippen LogP contribution in [0, 0.1) is 6.92 Å². The summed E-state index contributed by atoms with van der Waals surface area (Å²) < 4.78 is 0. The third-order valence-electron chi connectivity index (χ3n) is 4.14. The smallest absolute Gasteiger partial charge is 0.185 e. The predicted molar refractivity (Wildman–Crippen MR) is 97.6 cm³/mol. The molecule has 0 aliphatic rings. The van der Waals surface area contributed by atoms with E-state index >= 15 is 0 Å². The van der Waals surface area contributed by atoms with Gasteiger partial charge in [0.05, 0.1) is 0 Å². The second-order valence-corrected chi connectivity index (χ2v) is 5.71. The van der Waals surface area contributed by atoms with Gasteiger partial charge in [0.2, 0.25) is 0 Å². The topological polar surface area (TPSA) is 20.3 Å². The molecule has 0 aliphatic carbocycles. The lowest BCUT2D eigenvalue weighted by Gasteiger charge is -2.17. The Labute approximate surface area is 139 Å². The van der Waals surface area contributed by atoms with Gasteiger partial charge in [0.15, 0.2) is 5.78 Å². The zero-order valence-corrected chi connectivity index (χ0v) is 14.3. The number of carbonyl (C=O) groups is 1. The first-order chi connectivity index (χ1) is 11.1. The molecule has 0 saturated carbocycles. The molecule has 0 heterocycles. The number of ketones is 1. The number of hydrogen-bond donors (Lipinski definition) is 0. The molecule has 0 saturated heterocycles. The minimum Gasteiger partial charge on any atom is -0.300 e. The van der Waals surface area contributed by atoms with Crippen molar-refractivity contribution in [1.29, 1.82) is 0 Å². The Balaban J connectivity index is 2.04. The molecule has 0 atom stereocenters. The van der Waals surface area contributed by atoms with Crippen molar-refractivity contribution in [3.63, 3.8) is 0 Å². The van der Waals surface area contributed by atoms with Gasteiger partial charge in [-0.2, -0.15) is 0 Å². The van der Waals surface area contributed by atoms with Crippen molar-refractivity contribution in [2.75, 3.05) is 13.1 Å². The van der Waals surface area contributed by atoms with E-state index in [4.69, 9.17) is 0 Å². The van der Waals surface area contributed by atoms with E-state index < -0.39 is 0 Å². The molecule has 2 nitrogen and oxygen atoms in total. The Morgan fingerprint density at radius 1 is 1.00 bits per heavy atom. The summed E-state index contributed by atoms with van der Waals surface area (Å²) >= 11 is 0. The highest BCUT2D eigenvalue weighted by molar-refractivity contribution is 6.06. The van der Waals surface area contributed by atoms with Crippen LogP contribution in [-0.4, -0.2) is 23.8 Å². The number of nitrogens with zero attached hydrogens (tertiary/aromatic N) is 1. The van der Waals surface area contributed by atoms with E-state index in [0.29, 0.717) is 0 Å². The molecule has 2 aromatic carbocycles. The number of carbonyl (C=O) groups excluding carboxylic acids is 1. The quantitative estimate of drug-likeness (QED) is 0.544. The van der Waals surface area contributed by atoms with Crippen molar-refractivity contribution in [1.82, 2.24) is 4.90 Å².